The zero-order valence-corrected chi connectivity index (χ0v) is 13.6. The van der Waals surface area contributed by atoms with E-state index in [1.807, 2.05) is 0 Å². The zero-order chi connectivity index (χ0) is 16.2. The van der Waals surface area contributed by atoms with Gasteiger partial charge in [-0.3, -0.25) is 4.79 Å². The molecule has 2 aromatic rings. The molecule has 0 spiro atoms. The van der Waals surface area contributed by atoms with Crippen molar-refractivity contribution in [1.82, 2.24) is 0 Å². The summed E-state index contributed by atoms with van der Waals surface area (Å²) in [7, 11) is 0. The van der Waals surface area contributed by atoms with Crippen molar-refractivity contribution in [2.45, 2.75) is 0 Å². The summed E-state index contributed by atoms with van der Waals surface area (Å²) in [6, 6.07) is 9.75. The highest BCUT2D eigenvalue weighted by Gasteiger charge is 2.22. The van der Waals surface area contributed by atoms with Crippen molar-refractivity contribution in [2.75, 3.05) is 5.75 Å². The minimum atomic E-state index is -0.352. The van der Waals surface area contributed by atoms with Gasteiger partial charge >= 0.3 is 0 Å². The predicted octanol–water partition coefficient (Wildman–Crippen LogP) is 4.98. The van der Waals surface area contributed by atoms with Gasteiger partial charge in [0.2, 0.25) is 5.12 Å². The number of furan rings is 1. The minimum Gasteiger partial charge on any atom is -0.457 e. The number of benzene rings is 1. The molecule has 0 saturated carbocycles. The van der Waals surface area contributed by atoms with Gasteiger partial charge in [0, 0.05) is 11.8 Å². The van der Waals surface area contributed by atoms with Gasteiger partial charge in [-0.1, -0.05) is 30.0 Å². The van der Waals surface area contributed by atoms with E-state index in [1.54, 1.807) is 42.5 Å². The van der Waals surface area contributed by atoms with Crippen LogP contribution in [0.2, 0.25) is 0 Å². The maximum absolute atomic E-state index is 13.8. The van der Waals surface area contributed by atoms with Crippen molar-refractivity contribution in [3.63, 3.8) is 0 Å². The van der Waals surface area contributed by atoms with Crippen LogP contribution in [0.4, 0.5) is 4.39 Å². The number of carbonyl (C=O) groups is 1. The molecule has 1 aliphatic heterocycles. The third-order valence-corrected chi connectivity index (χ3v) is 4.98. The number of halogens is 1. The third-order valence-electron chi connectivity index (χ3n) is 2.97. The molecule has 1 aromatic heterocycles. The van der Waals surface area contributed by atoms with Crippen molar-refractivity contribution in [1.29, 1.82) is 0 Å². The van der Waals surface area contributed by atoms with Crippen molar-refractivity contribution in [3.8, 4) is 11.3 Å². The van der Waals surface area contributed by atoms with Gasteiger partial charge in [0.1, 0.15) is 27.4 Å². The van der Waals surface area contributed by atoms with E-state index in [0.29, 0.717) is 32.9 Å². The Bertz CT molecular complexity index is 824. The van der Waals surface area contributed by atoms with Gasteiger partial charge in [0.25, 0.3) is 0 Å². The van der Waals surface area contributed by atoms with E-state index in [2.05, 4.69) is 11.6 Å². The van der Waals surface area contributed by atoms with Crippen molar-refractivity contribution in [3.05, 3.63) is 66.3 Å². The van der Waals surface area contributed by atoms with E-state index in [4.69, 9.17) is 4.42 Å². The average molecular weight is 345 g/mol. The van der Waals surface area contributed by atoms with Crippen LogP contribution < -0.4 is 0 Å². The molecule has 0 fully saturated rings. The molecule has 3 rings (SSSR count). The van der Waals surface area contributed by atoms with Crippen molar-refractivity contribution in [2.24, 2.45) is 4.99 Å². The molecule has 116 valence electrons. The molecule has 1 aliphatic rings. The molecular weight excluding hydrogens is 333 g/mol. The number of hydrogen-bond acceptors (Lipinski definition) is 5. The molecule has 0 saturated heterocycles. The highest BCUT2D eigenvalue weighted by atomic mass is 32.2. The number of carbonyl (C=O) groups excluding carboxylic acids is 1. The van der Waals surface area contributed by atoms with Gasteiger partial charge in [-0.2, -0.15) is 0 Å². The predicted molar refractivity (Wildman–Crippen MR) is 94.8 cm³/mol. The fourth-order valence-corrected chi connectivity index (χ4v) is 3.55. The first-order valence-corrected chi connectivity index (χ1v) is 8.58. The molecule has 0 atom stereocenters. The molecule has 6 heteroatoms. The normalized spacial score (nSPS) is 16.0. The highest BCUT2D eigenvalue weighted by Crippen LogP contribution is 2.32. The van der Waals surface area contributed by atoms with Crippen LogP contribution in [0.15, 0.2) is 64.2 Å². The zero-order valence-electron chi connectivity index (χ0n) is 12.0. The topological polar surface area (TPSA) is 42.6 Å². The minimum absolute atomic E-state index is 0.125. The fourth-order valence-electron chi connectivity index (χ4n) is 1.95. The summed E-state index contributed by atoms with van der Waals surface area (Å²) in [6.45, 7) is 3.64. The Morgan fingerprint density at radius 1 is 1.30 bits per heavy atom. The monoisotopic (exact) mass is 345 g/mol. The van der Waals surface area contributed by atoms with Gasteiger partial charge in [0.15, 0.2) is 0 Å². The van der Waals surface area contributed by atoms with Gasteiger partial charge < -0.3 is 4.42 Å². The van der Waals surface area contributed by atoms with E-state index in [1.165, 1.54) is 17.8 Å². The highest BCUT2D eigenvalue weighted by molar-refractivity contribution is 8.45. The lowest BCUT2D eigenvalue weighted by Gasteiger charge is -1.97. The van der Waals surface area contributed by atoms with Crippen LogP contribution >= 0.6 is 23.5 Å². The molecule has 3 nitrogen and oxygen atoms in total. The van der Waals surface area contributed by atoms with E-state index in [-0.39, 0.29) is 10.9 Å². The standard InChI is InChI=1S/C17H12FNO2S2/c1-2-9-22-17-19-14(16(20)23-17)10-11-7-8-15(21-11)12-5-3-4-6-13(12)18/h2-8,10H,1,9H2/b14-10-. The summed E-state index contributed by atoms with van der Waals surface area (Å²) in [5.41, 5.74) is 0.714. The lowest BCUT2D eigenvalue weighted by atomic mass is 10.1. The Kier molecular flexibility index (Phi) is 4.83. The molecule has 0 radical (unpaired) electrons. The summed E-state index contributed by atoms with van der Waals surface area (Å²) >= 11 is 2.55. The number of nitrogens with zero attached hydrogens (tertiary/aromatic N) is 1. The van der Waals surface area contributed by atoms with E-state index >= 15 is 0 Å². The van der Waals surface area contributed by atoms with Crippen LogP contribution in [0.5, 0.6) is 0 Å². The molecular formula is C17H12FNO2S2. The van der Waals surface area contributed by atoms with Crippen LogP contribution in [0.3, 0.4) is 0 Å². The SMILES string of the molecule is C=CCSC1=N/C(=C\c2ccc(-c3ccccc3F)o2)C(=O)S1. The average Bonchev–Trinajstić information content (AvgIpc) is 3.13. The summed E-state index contributed by atoms with van der Waals surface area (Å²) in [5, 5.41) is -0.125. The Morgan fingerprint density at radius 2 is 2.13 bits per heavy atom. The molecule has 0 N–H and O–H groups in total. The molecule has 0 bridgehead atoms. The quantitative estimate of drug-likeness (QED) is 0.579. The molecule has 0 aliphatic carbocycles. The summed E-state index contributed by atoms with van der Waals surface area (Å²) in [5.74, 6) is 1.23. The van der Waals surface area contributed by atoms with E-state index in [9.17, 15) is 9.18 Å². The first kappa shape index (κ1) is 15.8. The maximum atomic E-state index is 13.8. The Balaban J connectivity index is 1.84. The van der Waals surface area contributed by atoms with Crippen LogP contribution in [0, 0.1) is 5.82 Å². The third kappa shape index (κ3) is 3.65. The molecule has 1 aromatic carbocycles. The number of thioether (sulfide) groups is 2. The fraction of sp³-hybridized carbons (Fsp3) is 0.0588. The smallest absolute Gasteiger partial charge is 0.244 e. The Morgan fingerprint density at radius 3 is 2.91 bits per heavy atom. The first-order valence-electron chi connectivity index (χ1n) is 6.78. The van der Waals surface area contributed by atoms with Gasteiger partial charge in [-0.15, -0.1) is 6.58 Å². The van der Waals surface area contributed by atoms with Gasteiger partial charge in [0.05, 0.1) is 5.56 Å². The van der Waals surface area contributed by atoms with Gasteiger partial charge in [-0.05, 0) is 36.0 Å². The first-order chi connectivity index (χ1) is 11.2. The molecule has 2 heterocycles. The van der Waals surface area contributed by atoms with E-state index < -0.39 is 0 Å². The second-order valence-electron chi connectivity index (χ2n) is 4.58. The van der Waals surface area contributed by atoms with Crippen molar-refractivity contribution >= 4 is 39.1 Å². The summed E-state index contributed by atoms with van der Waals surface area (Å²) in [6.07, 6.45) is 3.33. The van der Waals surface area contributed by atoms with Crippen LogP contribution in [0.1, 0.15) is 5.76 Å². The summed E-state index contributed by atoms with van der Waals surface area (Å²) < 4.78 is 20.1. The molecule has 0 amide bonds. The van der Waals surface area contributed by atoms with E-state index in [0.717, 1.165) is 11.8 Å². The Hall–Kier alpha value is -2.05. The maximum Gasteiger partial charge on any atom is 0.244 e. The number of hydrogen-bond donors (Lipinski definition) is 0. The van der Waals surface area contributed by atoms with Crippen molar-refractivity contribution < 1.29 is 13.6 Å². The number of aliphatic imine (C=N–C) groups is 1. The summed E-state index contributed by atoms with van der Waals surface area (Å²) in [4.78, 5) is 16.2. The van der Waals surface area contributed by atoms with Crippen LogP contribution in [-0.4, -0.2) is 15.2 Å². The number of rotatable bonds is 4. The molecule has 0 unspecified atom stereocenters. The lowest BCUT2D eigenvalue weighted by molar-refractivity contribution is -0.107. The lowest BCUT2D eigenvalue weighted by Crippen LogP contribution is -1.87. The van der Waals surface area contributed by atoms with Gasteiger partial charge in [-0.25, -0.2) is 9.38 Å². The van der Waals surface area contributed by atoms with Crippen LogP contribution in [-0.2, 0) is 4.79 Å². The second-order valence-corrected chi connectivity index (χ2v) is 6.81. The second kappa shape index (κ2) is 7.02. The Labute approximate surface area is 141 Å². The van der Waals surface area contributed by atoms with Crippen LogP contribution in [0.25, 0.3) is 17.4 Å². The largest absolute Gasteiger partial charge is 0.457 e. The molecule has 23 heavy (non-hydrogen) atoms.